The molecular formula is C16H18N2O4S. The summed E-state index contributed by atoms with van der Waals surface area (Å²) >= 11 is 0. The number of carbonyl (C=O) groups excluding carboxylic acids is 1. The van der Waals surface area contributed by atoms with Crippen LogP contribution in [0.1, 0.15) is 21.7 Å². The van der Waals surface area contributed by atoms with Gasteiger partial charge in [-0.25, -0.2) is 8.42 Å². The van der Waals surface area contributed by atoms with Gasteiger partial charge in [-0.3, -0.25) is 4.79 Å². The summed E-state index contributed by atoms with van der Waals surface area (Å²) in [6, 6.07) is 11.0. The highest BCUT2D eigenvalue weighted by molar-refractivity contribution is 7.89. The number of fused-ring (bicyclic) bond motifs is 1. The molecule has 122 valence electrons. The Labute approximate surface area is 135 Å². The van der Waals surface area contributed by atoms with E-state index < -0.39 is 15.9 Å². The van der Waals surface area contributed by atoms with Crippen molar-refractivity contribution in [1.82, 2.24) is 9.62 Å². The Balaban J connectivity index is 1.57. The predicted molar refractivity (Wildman–Crippen MR) is 85.4 cm³/mol. The molecule has 0 atom stereocenters. The molecule has 7 heteroatoms. The molecule has 0 fully saturated rings. The van der Waals surface area contributed by atoms with Crippen LogP contribution < -0.4 is 5.32 Å². The van der Waals surface area contributed by atoms with E-state index in [2.05, 4.69) is 5.32 Å². The SMILES string of the molecule is O=C(NCCS(=O)(=O)N1CCc2ccccc2C1)c1ccco1. The van der Waals surface area contributed by atoms with Gasteiger partial charge < -0.3 is 9.73 Å². The van der Waals surface area contributed by atoms with Crippen molar-refractivity contribution in [3.63, 3.8) is 0 Å². The molecule has 2 aromatic rings. The van der Waals surface area contributed by atoms with Gasteiger partial charge in [-0.1, -0.05) is 24.3 Å². The monoisotopic (exact) mass is 334 g/mol. The Morgan fingerprint density at radius 1 is 1.17 bits per heavy atom. The van der Waals surface area contributed by atoms with E-state index in [0.717, 1.165) is 5.56 Å². The van der Waals surface area contributed by atoms with E-state index in [0.29, 0.717) is 19.5 Å². The van der Waals surface area contributed by atoms with Crippen molar-refractivity contribution in [2.45, 2.75) is 13.0 Å². The normalized spacial score (nSPS) is 15.1. The van der Waals surface area contributed by atoms with Gasteiger partial charge in [0.15, 0.2) is 5.76 Å². The van der Waals surface area contributed by atoms with Gasteiger partial charge in [0.2, 0.25) is 10.0 Å². The van der Waals surface area contributed by atoms with Crippen LogP contribution in [0.4, 0.5) is 0 Å². The van der Waals surface area contributed by atoms with Crippen LogP contribution in [0, 0.1) is 0 Å². The summed E-state index contributed by atoms with van der Waals surface area (Å²) in [6.45, 7) is 0.927. The zero-order valence-electron chi connectivity index (χ0n) is 12.6. The number of carbonyl (C=O) groups is 1. The van der Waals surface area contributed by atoms with Gasteiger partial charge in [-0.2, -0.15) is 4.31 Å². The van der Waals surface area contributed by atoms with Crippen molar-refractivity contribution < 1.29 is 17.6 Å². The van der Waals surface area contributed by atoms with E-state index >= 15 is 0 Å². The van der Waals surface area contributed by atoms with E-state index in [9.17, 15) is 13.2 Å². The summed E-state index contributed by atoms with van der Waals surface area (Å²) in [4.78, 5) is 11.7. The van der Waals surface area contributed by atoms with E-state index in [1.54, 1.807) is 6.07 Å². The van der Waals surface area contributed by atoms with Gasteiger partial charge in [0.1, 0.15) is 0 Å². The second-order valence-corrected chi connectivity index (χ2v) is 7.49. The third-order valence-corrected chi connectivity index (χ3v) is 5.70. The molecule has 0 saturated carbocycles. The molecule has 6 nitrogen and oxygen atoms in total. The summed E-state index contributed by atoms with van der Waals surface area (Å²) < 4.78 is 31.3. The molecule has 1 amide bonds. The highest BCUT2D eigenvalue weighted by Gasteiger charge is 2.26. The lowest BCUT2D eigenvalue weighted by Gasteiger charge is -2.28. The lowest BCUT2D eigenvalue weighted by atomic mass is 10.0. The summed E-state index contributed by atoms with van der Waals surface area (Å²) in [5.74, 6) is -0.356. The van der Waals surface area contributed by atoms with Crippen molar-refractivity contribution in [2.75, 3.05) is 18.8 Å². The van der Waals surface area contributed by atoms with Crippen molar-refractivity contribution in [1.29, 1.82) is 0 Å². The van der Waals surface area contributed by atoms with Gasteiger partial charge in [0.25, 0.3) is 5.91 Å². The van der Waals surface area contributed by atoms with Gasteiger partial charge in [-0.15, -0.1) is 0 Å². The lowest BCUT2D eigenvalue weighted by molar-refractivity contribution is 0.0928. The van der Waals surface area contributed by atoms with Gasteiger partial charge >= 0.3 is 0 Å². The van der Waals surface area contributed by atoms with E-state index in [1.165, 1.54) is 22.2 Å². The fourth-order valence-electron chi connectivity index (χ4n) is 2.62. The fourth-order valence-corrected chi connectivity index (χ4v) is 3.95. The highest BCUT2D eigenvalue weighted by atomic mass is 32.2. The van der Waals surface area contributed by atoms with Crippen molar-refractivity contribution in [2.24, 2.45) is 0 Å². The molecule has 0 saturated heterocycles. The average molecular weight is 334 g/mol. The van der Waals surface area contributed by atoms with Gasteiger partial charge in [0.05, 0.1) is 12.0 Å². The molecule has 0 aliphatic carbocycles. The zero-order valence-corrected chi connectivity index (χ0v) is 13.4. The Hall–Kier alpha value is -2.12. The third kappa shape index (κ3) is 3.62. The molecule has 23 heavy (non-hydrogen) atoms. The van der Waals surface area contributed by atoms with E-state index in [4.69, 9.17) is 4.42 Å². The lowest BCUT2D eigenvalue weighted by Crippen LogP contribution is -2.40. The molecule has 0 spiro atoms. The van der Waals surface area contributed by atoms with Gasteiger partial charge in [-0.05, 0) is 29.7 Å². The minimum Gasteiger partial charge on any atom is -0.459 e. The smallest absolute Gasteiger partial charge is 0.287 e. The zero-order chi connectivity index (χ0) is 16.3. The van der Waals surface area contributed by atoms with Crippen LogP contribution in [0.3, 0.4) is 0 Å². The number of nitrogens with one attached hydrogen (secondary N) is 1. The quantitative estimate of drug-likeness (QED) is 0.896. The molecule has 0 radical (unpaired) electrons. The standard InChI is InChI=1S/C16H18N2O4S/c19-16(15-6-3-10-22-15)17-8-11-23(20,21)18-9-7-13-4-1-2-5-14(13)12-18/h1-6,10H,7-9,11-12H2,(H,17,19). The maximum atomic E-state index is 12.4. The molecular weight excluding hydrogens is 316 g/mol. The molecule has 1 N–H and O–H groups in total. The summed E-state index contributed by atoms with van der Waals surface area (Å²) in [6.07, 6.45) is 2.12. The molecule has 0 unspecified atom stereocenters. The fraction of sp³-hybridized carbons (Fsp3) is 0.312. The van der Waals surface area contributed by atoms with E-state index in [-0.39, 0.29) is 18.1 Å². The number of hydrogen-bond donors (Lipinski definition) is 1. The predicted octanol–water partition coefficient (Wildman–Crippen LogP) is 1.40. The Morgan fingerprint density at radius 2 is 1.96 bits per heavy atom. The highest BCUT2D eigenvalue weighted by Crippen LogP contribution is 2.20. The van der Waals surface area contributed by atoms with Crippen LogP contribution in [0.2, 0.25) is 0 Å². The maximum Gasteiger partial charge on any atom is 0.287 e. The molecule has 1 aliphatic rings. The molecule has 1 aromatic carbocycles. The first kappa shape index (κ1) is 15.8. The van der Waals surface area contributed by atoms with Crippen LogP contribution in [-0.2, 0) is 23.0 Å². The third-order valence-electron chi connectivity index (χ3n) is 3.88. The van der Waals surface area contributed by atoms with E-state index in [1.807, 2.05) is 24.3 Å². The molecule has 0 bridgehead atoms. The van der Waals surface area contributed by atoms with Crippen LogP contribution in [-0.4, -0.2) is 37.5 Å². The summed E-state index contributed by atoms with van der Waals surface area (Å²) in [5.41, 5.74) is 2.24. The first-order valence-electron chi connectivity index (χ1n) is 7.42. The molecule has 2 heterocycles. The summed E-state index contributed by atoms with van der Waals surface area (Å²) in [5, 5.41) is 2.56. The van der Waals surface area contributed by atoms with Crippen LogP contribution in [0.25, 0.3) is 0 Å². The van der Waals surface area contributed by atoms with Crippen LogP contribution >= 0.6 is 0 Å². The maximum absolute atomic E-state index is 12.4. The summed E-state index contributed by atoms with van der Waals surface area (Å²) in [7, 11) is -3.40. The van der Waals surface area contributed by atoms with Crippen LogP contribution in [0.5, 0.6) is 0 Å². The number of sulfonamides is 1. The Bertz CT molecular complexity index is 784. The number of amides is 1. The van der Waals surface area contributed by atoms with Crippen molar-refractivity contribution in [3.05, 3.63) is 59.5 Å². The molecule has 1 aromatic heterocycles. The largest absolute Gasteiger partial charge is 0.459 e. The van der Waals surface area contributed by atoms with Gasteiger partial charge in [0, 0.05) is 19.6 Å². The number of benzene rings is 1. The number of hydrogen-bond acceptors (Lipinski definition) is 4. The molecule has 3 rings (SSSR count). The Morgan fingerprint density at radius 3 is 2.70 bits per heavy atom. The number of nitrogens with zero attached hydrogens (tertiary/aromatic N) is 1. The number of furan rings is 1. The first-order chi connectivity index (χ1) is 11.1. The topological polar surface area (TPSA) is 79.6 Å². The minimum absolute atomic E-state index is 0.0556. The second-order valence-electron chi connectivity index (χ2n) is 5.40. The van der Waals surface area contributed by atoms with Crippen molar-refractivity contribution >= 4 is 15.9 Å². The second kappa shape index (κ2) is 6.55. The first-order valence-corrected chi connectivity index (χ1v) is 9.03. The van der Waals surface area contributed by atoms with Crippen molar-refractivity contribution in [3.8, 4) is 0 Å². The number of rotatable bonds is 5. The minimum atomic E-state index is -3.40. The Kier molecular flexibility index (Phi) is 4.49. The van der Waals surface area contributed by atoms with Crippen LogP contribution in [0.15, 0.2) is 47.1 Å². The molecule has 1 aliphatic heterocycles. The average Bonchev–Trinajstić information content (AvgIpc) is 3.08.